The van der Waals surface area contributed by atoms with Crippen LogP contribution in [0, 0.1) is 17.3 Å². The van der Waals surface area contributed by atoms with Crippen LogP contribution in [0.2, 0.25) is 0 Å². The van der Waals surface area contributed by atoms with Gasteiger partial charge in [-0.3, -0.25) is 0 Å². The van der Waals surface area contributed by atoms with Crippen LogP contribution in [0.15, 0.2) is 0 Å². The lowest BCUT2D eigenvalue weighted by Gasteiger charge is -2.49. The predicted octanol–water partition coefficient (Wildman–Crippen LogP) is 3.76. The molecule has 0 saturated heterocycles. The minimum atomic E-state index is 0.250. The van der Waals surface area contributed by atoms with Gasteiger partial charge in [0.15, 0.2) is 0 Å². The van der Waals surface area contributed by atoms with Crippen LogP contribution in [0.1, 0.15) is 64.7 Å². The Kier molecular flexibility index (Phi) is 3.71. The van der Waals surface area contributed by atoms with Crippen LogP contribution >= 0.6 is 0 Å². The maximum Gasteiger partial charge on any atom is 0.0487 e. The van der Waals surface area contributed by atoms with E-state index in [4.69, 9.17) is 0 Å². The number of hydrogen-bond donors (Lipinski definition) is 1. The highest BCUT2D eigenvalue weighted by atomic mass is 16.3. The molecule has 0 amide bonds. The highest BCUT2D eigenvalue weighted by Crippen LogP contribution is 2.51. The van der Waals surface area contributed by atoms with Crippen LogP contribution < -0.4 is 0 Å². The van der Waals surface area contributed by atoms with Crippen molar-refractivity contribution in [1.29, 1.82) is 0 Å². The molecule has 0 aliphatic heterocycles. The molecule has 0 radical (unpaired) electrons. The fraction of sp³-hybridized carbons (Fsp3) is 1.00. The molecule has 2 fully saturated rings. The van der Waals surface area contributed by atoms with E-state index >= 15 is 0 Å². The Bertz CT molecular complexity index is 202. The minimum absolute atomic E-state index is 0.250. The highest BCUT2D eigenvalue weighted by molar-refractivity contribution is 4.93. The van der Waals surface area contributed by atoms with Crippen LogP contribution in [0.3, 0.4) is 0 Å². The summed E-state index contributed by atoms with van der Waals surface area (Å²) in [6.07, 6.45) is 12.5. The lowest BCUT2D eigenvalue weighted by atomic mass is 9.57. The van der Waals surface area contributed by atoms with Gasteiger partial charge in [0.2, 0.25) is 0 Å². The third kappa shape index (κ3) is 2.38. The van der Waals surface area contributed by atoms with E-state index in [1.807, 2.05) is 0 Å². The first-order chi connectivity index (χ1) is 7.26. The van der Waals surface area contributed by atoms with Gasteiger partial charge in [0, 0.05) is 6.61 Å². The summed E-state index contributed by atoms with van der Waals surface area (Å²) in [5.74, 6) is 1.78. The van der Waals surface area contributed by atoms with Gasteiger partial charge in [0.05, 0.1) is 0 Å². The normalized spacial score (nSPS) is 42.8. The van der Waals surface area contributed by atoms with Crippen molar-refractivity contribution in [1.82, 2.24) is 0 Å². The number of fused-ring (bicyclic) bond motifs is 1. The van der Waals surface area contributed by atoms with Crippen LogP contribution in [0.25, 0.3) is 0 Å². The van der Waals surface area contributed by atoms with Gasteiger partial charge in [-0.15, -0.1) is 0 Å². The SMILES string of the molecule is C[C@]1(CO)CCCCCCCC2CC[C@@H]21. The number of aliphatic hydroxyl groups is 1. The second kappa shape index (κ2) is 4.86. The summed E-state index contributed by atoms with van der Waals surface area (Å²) in [5, 5.41) is 9.65. The second-order valence-electron chi connectivity index (χ2n) is 6.06. The summed E-state index contributed by atoms with van der Waals surface area (Å²) in [4.78, 5) is 0. The predicted molar refractivity (Wildman–Crippen MR) is 63.7 cm³/mol. The molecule has 2 aliphatic carbocycles. The molecule has 0 bridgehead atoms. The second-order valence-corrected chi connectivity index (χ2v) is 6.06. The number of aliphatic hydroxyl groups excluding tert-OH is 1. The van der Waals surface area contributed by atoms with Crippen LogP contribution in [0.5, 0.6) is 0 Å². The molecular formula is C14H26O. The van der Waals surface area contributed by atoms with Crippen molar-refractivity contribution in [2.24, 2.45) is 17.3 Å². The Morgan fingerprint density at radius 2 is 1.73 bits per heavy atom. The molecule has 0 heterocycles. The third-order valence-corrected chi connectivity index (χ3v) is 5.00. The quantitative estimate of drug-likeness (QED) is 0.698. The maximum absolute atomic E-state index is 9.65. The van der Waals surface area contributed by atoms with Gasteiger partial charge in [0.25, 0.3) is 0 Å². The molecule has 0 aromatic rings. The van der Waals surface area contributed by atoms with Gasteiger partial charge in [-0.1, -0.05) is 45.4 Å². The van der Waals surface area contributed by atoms with Gasteiger partial charge in [-0.05, 0) is 36.5 Å². The van der Waals surface area contributed by atoms with Crippen molar-refractivity contribution in [3.63, 3.8) is 0 Å². The third-order valence-electron chi connectivity index (χ3n) is 5.00. The average Bonchev–Trinajstić information content (AvgIpc) is 2.19. The molecule has 15 heavy (non-hydrogen) atoms. The molecule has 88 valence electrons. The van der Waals surface area contributed by atoms with E-state index in [1.54, 1.807) is 0 Å². The van der Waals surface area contributed by atoms with Crippen molar-refractivity contribution in [2.75, 3.05) is 6.61 Å². The van der Waals surface area contributed by atoms with Crippen molar-refractivity contribution in [2.45, 2.75) is 64.7 Å². The zero-order valence-corrected chi connectivity index (χ0v) is 10.2. The molecule has 2 aliphatic rings. The lowest BCUT2D eigenvalue weighted by Crippen LogP contribution is -2.42. The highest BCUT2D eigenvalue weighted by Gasteiger charge is 2.43. The van der Waals surface area contributed by atoms with E-state index in [-0.39, 0.29) is 5.41 Å². The topological polar surface area (TPSA) is 20.2 Å². The zero-order valence-electron chi connectivity index (χ0n) is 10.2. The molecule has 3 atom stereocenters. The lowest BCUT2D eigenvalue weighted by molar-refractivity contribution is -0.0264. The Labute approximate surface area is 94.3 Å². The van der Waals surface area contributed by atoms with Crippen LogP contribution in [-0.4, -0.2) is 11.7 Å². The zero-order chi connectivity index (χ0) is 10.7. The monoisotopic (exact) mass is 210 g/mol. The fourth-order valence-electron chi connectivity index (χ4n) is 3.68. The van der Waals surface area contributed by atoms with Crippen LogP contribution in [0.4, 0.5) is 0 Å². The van der Waals surface area contributed by atoms with Crippen molar-refractivity contribution >= 4 is 0 Å². The Balaban J connectivity index is 2.00. The summed E-state index contributed by atoms with van der Waals surface area (Å²) in [7, 11) is 0. The van der Waals surface area contributed by atoms with E-state index in [0.717, 1.165) is 11.8 Å². The Morgan fingerprint density at radius 1 is 1.00 bits per heavy atom. The van der Waals surface area contributed by atoms with Crippen molar-refractivity contribution in [3.8, 4) is 0 Å². The first-order valence-corrected chi connectivity index (χ1v) is 6.87. The average molecular weight is 210 g/mol. The smallest absolute Gasteiger partial charge is 0.0487 e. The summed E-state index contributed by atoms with van der Waals surface area (Å²) in [6, 6.07) is 0. The first-order valence-electron chi connectivity index (χ1n) is 6.87. The van der Waals surface area contributed by atoms with Gasteiger partial charge >= 0.3 is 0 Å². The first kappa shape index (κ1) is 11.4. The van der Waals surface area contributed by atoms with E-state index in [0.29, 0.717) is 6.61 Å². The van der Waals surface area contributed by atoms with E-state index < -0.39 is 0 Å². The molecular weight excluding hydrogens is 184 g/mol. The molecule has 0 aromatic heterocycles. The molecule has 0 aromatic carbocycles. The number of hydrogen-bond acceptors (Lipinski definition) is 1. The van der Waals surface area contributed by atoms with E-state index in [2.05, 4.69) is 6.92 Å². The largest absolute Gasteiger partial charge is 0.396 e. The van der Waals surface area contributed by atoms with Crippen LogP contribution in [-0.2, 0) is 0 Å². The summed E-state index contributed by atoms with van der Waals surface area (Å²) in [5.41, 5.74) is 0.250. The van der Waals surface area contributed by atoms with Gasteiger partial charge in [-0.2, -0.15) is 0 Å². The van der Waals surface area contributed by atoms with Crippen molar-refractivity contribution < 1.29 is 5.11 Å². The summed E-state index contributed by atoms with van der Waals surface area (Å²) >= 11 is 0. The van der Waals surface area contributed by atoms with Gasteiger partial charge in [0.1, 0.15) is 0 Å². The fourth-order valence-corrected chi connectivity index (χ4v) is 3.68. The summed E-state index contributed by atoms with van der Waals surface area (Å²) < 4.78 is 0. The number of rotatable bonds is 1. The molecule has 1 heteroatoms. The van der Waals surface area contributed by atoms with Gasteiger partial charge < -0.3 is 5.11 Å². The minimum Gasteiger partial charge on any atom is -0.396 e. The standard InChI is InChI=1S/C14H26O/c1-14(11-15)10-6-4-2-3-5-7-12-8-9-13(12)14/h12-13,15H,2-11H2,1H3/t12?,13-,14+/m0/s1. The maximum atomic E-state index is 9.65. The van der Waals surface area contributed by atoms with E-state index in [9.17, 15) is 5.11 Å². The van der Waals surface area contributed by atoms with Gasteiger partial charge in [-0.25, -0.2) is 0 Å². The summed E-state index contributed by atoms with van der Waals surface area (Å²) in [6.45, 7) is 2.74. The van der Waals surface area contributed by atoms with Crippen molar-refractivity contribution in [3.05, 3.63) is 0 Å². The Morgan fingerprint density at radius 3 is 2.40 bits per heavy atom. The molecule has 1 nitrogen and oxygen atoms in total. The molecule has 1 unspecified atom stereocenters. The Hall–Kier alpha value is -0.0400. The van der Waals surface area contributed by atoms with E-state index in [1.165, 1.54) is 57.8 Å². The molecule has 0 spiro atoms. The molecule has 1 N–H and O–H groups in total. The molecule has 2 rings (SSSR count). The molecule has 2 saturated carbocycles.